The zero-order valence-corrected chi connectivity index (χ0v) is 14.7. The molecule has 0 radical (unpaired) electrons. The number of hydrogen-bond acceptors (Lipinski definition) is 3. The van der Waals surface area contributed by atoms with Crippen molar-refractivity contribution in [3.63, 3.8) is 0 Å². The molecular formula is C17H30N2S. The molecule has 1 aliphatic heterocycles. The number of thiophene rings is 1. The van der Waals surface area contributed by atoms with Crippen LogP contribution in [0.1, 0.15) is 49.4 Å². The van der Waals surface area contributed by atoms with Crippen molar-refractivity contribution in [1.29, 1.82) is 0 Å². The Kier molecular flexibility index (Phi) is 4.93. The lowest BCUT2D eigenvalue weighted by Gasteiger charge is -2.47. The lowest BCUT2D eigenvalue weighted by atomic mass is 9.90. The molecular weight excluding hydrogens is 264 g/mol. The Bertz CT molecular complexity index is 432. The molecule has 2 heterocycles. The molecule has 114 valence electrons. The molecule has 0 amide bonds. The first-order valence-electron chi connectivity index (χ1n) is 7.89. The molecule has 0 aromatic carbocycles. The number of piperazine rings is 1. The van der Waals surface area contributed by atoms with E-state index in [0.29, 0.717) is 12.0 Å². The summed E-state index contributed by atoms with van der Waals surface area (Å²) in [7, 11) is 0. The van der Waals surface area contributed by atoms with Crippen LogP contribution in [0.5, 0.6) is 0 Å². The first-order valence-corrected chi connectivity index (χ1v) is 8.71. The van der Waals surface area contributed by atoms with E-state index < -0.39 is 0 Å². The number of nitrogens with one attached hydrogen (secondary N) is 1. The SMILES string of the molecule is CCC1(C)CN(Cc2cc(C)c(C)s2)C(C(C)C)CN1. The number of aryl methyl sites for hydroxylation is 2. The number of nitrogens with zero attached hydrogens (tertiary/aromatic N) is 1. The molecule has 0 aliphatic carbocycles. The van der Waals surface area contributed by atoms with E-state index in [0.717, 1.165) is 19.6 Å². The predicted octanol–water partition coefficient (Wildman–Crippen LogP) is 3.96. The molecule has 0 saturated carbocycles. The standard InChI is InChI=1S/C17H30N2S/c1-7-17(6)11-19(16(9-18-17)12(2)3)10-15-8-13(4)14(5)20-15/h8,12,16,18H,7,9-11H2,1-6H3. The van der Waals surface area contributed by atoms with Crippen LogP contribution in [0.2, 0.25) is 0 Å². The Labute approximate surface area is 128 Å². The minimum Gasteiger partial charge on any atom is -0.309 e. The first-order chi connectivity index (χ1) is 9.34. The van der Waals surface area contributed by atoms with Crippen molar-refractivity contribution in [3.8, 4) is 0 Å². The fourth-order valence-corrected chi connectivity index (χ4v) is 4.18. The van der Waals surface area contributed by atoms with E-state index in [9.17, 15) is 0 Å². The molecule has 1 aromatic heterocycles. The van der Waals surface area contributed by atoms with Gasteiger partial charge in [-0.2, -0.15) is 0 Å². The highest BCUT2D eigenvalue weighted by Crippen LogP contribution is 2.28. The second-order valence-corrected chi connectivity index (χ2v) is 8.30. The number of hydrogen-bond donors (Lipinski definition) is 1. The topological polar surface area (TPSA) is 15.3 Å². The van der Waals surface area contributed by atoms with Gasteiger partial charge in [0, 0.05) is 41.0 Å². The van der Waals surface area contributed by atoms with E-state index >= 15 is 0 Å². The van der Waals surface area contributed by atoms with Gasteiger partial charge in [0.2, 0.25) is 0 Å². The summed E-state index contributed by atoms with van der Waals surface area (Å²) < 4.78 is 0. The Hall–Kier alpha value is -0.380. The summed E-state index contributed by atoms with van der Waals surface area (Å²) in [5, 5.41) is 3.77. The van der Waals surface area contributed by atoms with Gasteiger partial charge in [-0.15, -0.1) is 11.3 Å². The Balaban J connectivity index is 2.15. The molecule has 2 unspecified atom stereocenters. The predicted molar refractivity (Wildman–Crippen MR) is 89.5 cm³/mol. The molecule has 2 rings (SSSR count). The largest absolute Gasteiger partial charge is 0.309 e. The van der Waals surface area contributed by atoms with Gasteiger partial charge >= 0.3 is 0 Å². The average molecular weight is 295 g/mol. The van der Waals surface area contributed by atoms with Crippen LogP contribution in [-0.2, 0) is 6.54 Å². The second kappa shape index (κ2) is 6.17. The normalized spacial score (nSPS) is 28.2. The molecule has 0 bridgehead atoms. The maximum atomic E-state index is 3.77. The third-order valence-corrected chi connectivity index (χ3v) is 6.02. The first kappa shape index (κ1) is 16.0. The highest BCUT2D eigenvalue weighted by molar-refractivity contribution is 7.12. The van der Waals surface area contributed by atoms with Crippen LogP contribution in [0.4, 0.5) is 0 Å². The maximum Gasteiger partial charge on any atom is 0.0332 e. The highest BCUT2D eigenvalue weighted by atomic mass is 32.1. The molecule has 20 heavy (non-hydrogen) atoms. The molecule has 1 aromatic rings. The molecule has 1 fully saturated rings. The minimum absolute atomic E-state index is 0.271. The van der Waals surface area contributed by atoms with Gasteiger partial charge in [0.15, 0.2) is 0 Å². The second-order valence-electron chi connectivity index (χ2n) is 6.96. The van der Waals surface area contributed by atoms with E-state index in [1.807, 2.05) is 11.3 Å². The van der Waals surface area contributed by atoms with Gasteiger partial charge in [0.25, 0.3) is 0 Å². The average Bonchev–Trinajstić information content (AvgIpc) is 2.68. The molecule has 2 atom stereocenters. The molecule has 3 heteroatoms. The number of rotatable bonds is 4. The fraction of sp³-hybridized carbons (Fsp3) is 0.765. The van der Waals surface area contributed by atoms with Gasteiger partial charge in [0.1, 0.15) is 0 Å². The van der Waals surface area contributed by atoms with Gasteiger partial charge in [0.05, 0.1) is 0 Å². The van der Waals surface area contributed by atoms with Crippen molar-refractivity contribution in [1.82, 2.24) is 10.2 Å². The summed E-state index contributed by atoms with van der Waals surface area (Å²) in [6.45, 7) is 17.2. The van der Waals surface area contributed by atoms with E-state index in [1.165, 1.54) is 21.7 Å². The van der Waals surface area contributed by atoms with Crippen LogP contribution in [-0.4, -0.2) is 29.6 Å². The molecule has 1 aliphatic rings. The Morgan fingerprint density at radius 3 is 2.65 bits per heavy atom. The third-order valence-electron chi connectivity index (χ3n) is 4.88. The molecule has 1 saturated heterocycles. The van der Waals surface area contributed by atoms with Crippen LogP contribution in [0.25, 0.3) is 0 Å². The van der Waals surface area contributed by atoms with Crippen LogP contribution in [0.3, 0.4) is 0 Å². The van der Waals surface area contributed by atoms with Gasteiger partial charge < -0.3 is 5.32 Å². The smallest absolute Gasteiger partial charge is 0.0332 e. The van der Waals surface area contributed by atoms with Crippen molar-refractivity contribution in [3.05, 3.63) is 21.4 Å². The van der Waals surface area contributed by atoms with E-state index in [-0.39, 0.29) is 5.54 Å². The molecule has 0 spiro atoms. The van der Waals surface area contributed by atoms with E-state index in [1.54, 1.807) is 0 Å². The lowest BCUT2D eigenvalue weighted by molar-refractivity contribution is 0.0547. The fourth-order valence-electron chi connectivity index (χ4n) is 3.10. The summed E-state index contributed by atoms with van der Waals surface area (Å²) >= 11 is 1.97. The molecule has 1 N–H and O–H groups in total. The lowest BCUT2D eigenvalue weighted by Crippen LogP contribution is -2.63. The monoisotopic (exact) mass is 294 g/mol. The van der Waals surface area contributed by atoms with Crippen molar-refractivity contribution < 1.29 is 0 Å². The summed E-state index contributed by atoms with van der Waals surface area (Å²) in [4.78, 5) is 5.69. The summed E-state index contributed by atoms with van der Waals surface area (Å²) in [5.74, 6) is 0.700. The van der Waals surface area contributed by atoms with Gasteiger partial charge in [-0.25, -0.2) is 0 Å². The highest BCUT2D eigenvalue weighted by Gasteiger charge is 2.35. The van der Waals surface area contributed by atoms with Crippen LogP contribution < -0.4 is 5.32 Å². The third kappa shape index (κ3) is 3.44. The maximum absolute atomic E-state index is 3.77. The zero-order chi connectivity index (χ0) is 14.9. The summed E-state index contributed by atoms with van der Waals surface area (Å²) in [6, 6.07) is 3.03. The Morgan fingerprint density at radius 1 is 1.45 bits per heavy atom. The van der Waals surface area contributed by atoms with Crippen LogP contribution in [0.15, 0.2) is 6.07 Å². The van der Waals surface area contributed by atoms with Gasteiger partial charge in [-0.05, 0) is 44.7 Å². The minimum atomic E-state index is 0.271. The van der Waals surface area contributed by atoms with Crippen molar-refractivity contribution >= 4 is 11.3 Å². The quantitative estimate of drug-likeness (QED) is 0.904. The van der Waals surface area contributed by atoms with Gasteiger partial charge in [-0.1, -0.05) is 20.8 Å². The summed E-state index contributed by atoms with van der Waals surface area (Å²) in [6.07, 6.45) is 1.19. The van der Waals surface area contributed by atoms with Crippen molar-refractivity contribution in [2.24, 2.45) is 5.92 Å². The zero-order valence-electron chi connectivity index (χ0n) is 13.9. The van der Waals surface area contributed by atoms with E-state index in [2.05, 4.69) is 57.8 Å². The van der Waals surface area contributed by atoms with Gasteiger partial charge in [-0.3, -0.25) is 4.90 Å². The van der Waals surface area contributed by atoms with E-state index in [4.69, 9.17) is 0 Å². The molecule has 2 nitrogen and oxygen atoms in total. The van der Waals surface area contributed by atoms with Crippen LogP contribution >= 0.6 is 11.3 Å². The van der Waals surface area contributed by atoms with Crippen molar-refractivity contribution in [2.45, 2.75) is 66.1 Å². The van der Waals surface area contributed by atoms with Crippen LogP contribution in [0, 0.1) is 19.8 Å². The summed E-state index contributed by atoms with van der Waals surface area (Å²) in [5.41, 5.74) is 1.71. The Morgan fingerprint density at radius 2 is 2.15 bits per heavy atom. The van der Waals surface area contributed by atoms with Crippen molar-refractivity contribution in [2.75, 3.05) is 13.1 Å².